The zero-order valence-corrected chi connectivity index (χ0v) is 25.4. The molecule has 0 radical (unpaired) electrons. The second kappa shape index (κ2) is 15.3. The van der Waals surface area contributed by atoms with Crippen LogP contribution in [0.2, 0.25) is 0 Å². The Labute approximate surface area is 232 Å². The molecular weight excluding hydrogens is 468 g/mol. The molecule has 1 aromatic carbocycles. The zero-order valence-electron chi connectivity index (χ0n) is 25.4. The smallest absolute Gasteiger partial charge is 0.163 e. The van der Waals surface area contributed by atoms with Gasteiger partial charge in [0.05, 0.1) is 6.42 Å². The van der Waals surface area contributed by atoms with Crippen LogP contribution in [0.25, 0.3) is 5.57 Å². The molecule has 210 valence electrons. The minimum Gasteiger partial charge on any atom is -0.300 e. The van der Waals surface area contributed by atoms with E-state index in [0.717, 1.165) is 56.1 Å². The molecule has 3 unspecified atom stereocenters. The summed E-state index contributed by atoms with van der Waals surface area (Å²) in [5.41, 5.74) is 7.28. The standard InChI is InChI=1S/C32H44O3.C3H8/c1-7-9-25(27(8-2)30(34)15-22(6)33)17-24-18-29-28(13-10-21(5)32(29)31(35)19-24)26-12-11-23(16-26)14-20(3)4;1-3-2/h10-13,20,24-25,27H,7-9,14-19H2,1-6H3;3H2,1-2H3. The van der Waals surface area contributed by atoms with Crippen molar-refractivity contribution in [2.24, 2.45) is 23.7 Å². The van der Waals surface area contributed by atoms with E-state index in [-0.39, 0.29) is 41.5 Å². The fourth-order valence-corrected chi connectivity index (χ4v) is 6.47. The molecule has 0 bridgehead atoms. The van der Waals surface area contributed by atoms with Crippen LogP contribution < -0.4 is 0 Å². The number of ketones is 3. The van der Waals surface area contributed by atoms with Gasteiger partial charge in [0.1, 0.15) is 11.6 Å². The molecule has 0 N–H and O–H groups in total. The monoisotopic (exact) mass is 520 g/mol. The van der Waals surface area contributed by atoms with E-state index in [1.165, 1.54) is 35.6 Å². The Morgan fingerprint density at radius 2 is 1.71 bits per heavy atom. The summed E-state index contributed by atoms with van der Waals surface area (Å²) in [5.74, 6) is 1.30. The predicted octanol–water partition coefficient (Wildman–Crippen LogP) is 9.30. The molecule has 0 heterocycles. The van der Waals surface area contributed by atoms with Gasteiger partial charge in [-0.25, -0.2) is 0 Å². The van der Waals surface area contributed by atoms with Crippen LogP contribution in [0.4, 0.5) is 0 Å². The SMILES string of the molecule is CCC.CCCC(CC1CC(=O)c2c(C)ccc(C3=CC=C(CC(C)C)C3)c2C1)C(CC)C(=O)CC(C)=O. The third-order valence-electron chi connectivity index (χ3n) is 7.86. The molecule has 2 aliphatic rings. The molecular formula is C35H52O3. The van der Waals surface area contributed by atoms with Gasteiger partial charge in [-0.1, -0.05) is 90.7 Å². The first-order valence-electron chi connectivity index (χ1n) is 15.1. The molecule has 0 saturated heterocycles. The maximum atomic E-state index is 13.4. The molecule has 3 heteroatoms. The van der Waals surface area contributed by atoms with Crippen LogP contribution >= 0.6 is 0 Å². The van der Waals surface area contributed by atoms with Gasteiger partial charge in [-0.2, -0.15) is 0 Å². The summed E-state index contributed by atoms with van der Waals surface area (Å²) in [4.78, 5) is 37.9. The molecule has 0 saturated carbocycles. The third-order valence-corrected chi connectivity index (χ3v) is 7.86. The number of rotatable bonds is 12. The Morgan fingerprint density at radius 1 is 1.03 bits per heavy atom. The van der Waals surface area contributed by atoms with Crippen LogP contribution in [0.15, 0.2) is 29.9 Å². The van der Waals surface area contributed by atoms with Crippen molar-refractivity contribution in [1.82, 2.24) is 0 Å². The highest BCUT2D eigenvalue weighted by Crippen LogP contribution is 2.41. The van der Waals surface area contributed by atoms with Crippen molar-refractivity contribution >= 4 is 22.9 Å². The Hall–Kier alpha value is -2.29. The van der Waals surface area contributed by atoms with Crippen LogP contribution in [0, 0.1) is 30.6 Å². The van der Waals surface area contributed by atoms with Crippen molar-refractivity contribution in [3.63, 3.8) is 0 Å². The van der Waals surface area contributed by atoms with E-state index in [1.807, 2.05) is 0 Å². The van der Waals surface area contributed by atoms with Gasteiger partial charge in [-0.05, 0) is 86.0 Å². The minimum atomic E-state index is -0.0901. The lowest BCUT2D eigenvalue weighted by Gasteiger charge is -2.32. The van der Waals surface area contributed by atoms with E-state index in [2.05, 4.69) is 72.8 Å². The number of fused-ring (bicyclic) bond motifs is 1. The van der Waals surface area contributed by atoms with Crippen LogP contribution in [0.5, 0.6) is 0 Å². The first-order chi connectivity index (χ1) is 18.1. The van der Waals surface area contributed by atoms with Crippen molar-refractivity contribution in [3.8, 4) is 0 Å². The quantitative estimate of drug-likeness (QED) is 0.258. The lowest BCUT2D eigenvalue weighted by atomic mass is 9.71. The molecule has 0 amide bonds. The van der Waals surface area contributed by atoms with Crippen molar-refractivity contribution in [3.05, 3.63) is 52.1 Å². The lowest BCUT2D eigenvalue weighted by Crippen LogP contribution is -2.30. The van der Waals surface area contributed by atoms with Gasteiger partial charge in [0.25, 0.3) is 0 Å². The van der Waals surface area contributed by atoms with E-state index in [1.54, 1.807) is 0 Å². The van der Waals surface area contributed by atoms with Gasteiger partial charge in [0, 0.05) is 17.9 Å². The zero-order chi connectivity index (χ0) is 28.4. The molecule has 0 fully saturated rings. The second-order valence-corrected chi connectivity index (χ2v) is 12.1. The molecule has 0 spiro atoms. The summed E-state index contributed by atoms with van der Waals surface area (Å²) in [5, 5.41) is 0. The highest BCUT2D eigenvalue weighted by Gasteiger charge is 2.34. The molecule has 3 rings (SSSR count). The highest BCUT2D eigenvalue weighted by molar-refractivity contribution is 6.01. The van der Waals surface area contributed by atoms with Gasteiger partial charge in [0.2, 0.25) is 0 Å². The average molecular weight is 521 g/mol. The molecule has 0 aromatic heterocycles. The Balaban J connectivity index is 0.00000161. The number of carbonyl (C=O) groups excluding carboxylic acids is 3. The predicted molar refractivity (Wildman–Crippen MR) is 161 cm³/mol. The van der Waals surface area contributed by atoms with Gasteiger partial charge in [-0.3, -0.25) is 14.4 Å². The fourth-order valence-electron chi connectivity index (χ4n) is 6.47. The highest BCUT2D eigenvalue weighted by atomic mass is 16.1. The summed E-state index contributed by atoms with van der Waals surface area (Å²) in [6.07, 6.45) is 13.0. The number of Topliss-reactive ketones (excluding diaryl/α,β-unsaturated/α-hetero) is 3. The van der Waals surface area contributed by atoms with Crippen LogP contribution in [0.1, 0.15) is 133 Å². The van der Waals surface area contributed by atoms with E-state index >= 15 is 0 Å². The van der Waals surface area contributed by atoms with Crippen molar-refractivity contribution < 1.29 is 14.4 Å². The summed E-state index contributed by atoms with van der Waals surface area (Å²) >= 11 is 0. The van der Waals surface area contributed by atoms with E-state index in [9.17, 15) is 14.4 Å². The summed E-state index contributed by atoms with van der Waals surface area (Å²) in [6, 6.07) is 4.33. The molecule has 0 aliphatic heterocycles. The normalized spacial score (nSPS) is 18.2. The van der Waals surface area contributed by atoms with Gasteiger partial charge < -0.3 is 0 Å². The molecule has 2 aliphatic carbocycles. The van der Waals surface area contributed by atoms with Crippen molar-refractivity contribution in [2.75, 3.05) is 0 Å². The van der Waals surface area contributed by atoms with Gasteiger partial charge in [-0.15, -0.1) is 0 Å². The minimum absolute atomic E-state index is 0.0361. The largest absolute Gasteiger partial charge is 0.300 e. The number of hydrogen-bond donors (Lipinski definition) is 0. The van der Waals surface area contributed by atoms with Crippen molar-refractivity contribution in [1.29, 1.82) is 0 Å². The molecule has 1 aromatic rings. The fraction of sp³-hybridized carbons (Fsp3) is 0.629. The summed E-state index contributed by atoms with van der Waals surface area (Å²) in [7, 11) is 0. The summed E-state index contributed by atoms with van der Waals surface area (Å²) in [6.45, 7) is 16.5. The Morgan fingerprint density at radius 3 is 2.29 bits per heavy atom. The van der Waals surface area contributed by atoms with E-state index in [0.29, 0.717) is 12.3 Å². The first kappa shape index (κ1) is 31.9. The summed E-state index contributed by atoms with van der Waals surface area (Å²) < 4.78 is 0. The maximum Gasteiger partial charge on any atom is 0.163 e. The average Bonchev–Trinajstić information content (AvgIpc) is 3.27. The number of carbonyl (C=O) groups is 3. The maximum absolute atomic E-state index is 13.4. The van der Waals surface area contributed by atoms with Crippen LogP contribution in [-0.4, -0.2) is 17.3 Å². The van der Waals surface area contributed by atoms with Crippen LogP contribution in [-0.2, 0) is 16.0 Å². The molecule has 3 atom stereocenters. The van der Waals surface area contributed by atoms with Crippen LogP contribution in [0.3, 0.4) is 0 Å². The number of aryl methyl sites for hydroxylation is 1. The Bertz CT molecular complexity index is 1040. The van der Waals surface area contributed by atoms with Gasteiger partial charge in [0.15, 0.2) is 5.78 Å². The van der Waals surface area contributed by atoms with E-state index < -0.39 is 0 Å². The van der Waals surface area contributed by atoms with Gasteiger partial charge >= 0.3 is 0 Å². The molecule has 3 nitrogen and oxygen atoms in total. The third kappa shape index (κ3) is 8.61. The second-order valence-electron chi connectivity index (χ2n) is 12.1. The topological polar surface area (TPSA) is 51.2 Å². The number of allylic oxidation sites excluding steroid dienone is 4. The number of hydrogen-bond acceptors (Lipinski definition) is 3. The van der Waals surface area contributed by atoms with Crippen molar-refractivity contribution in [2.45, 2.75) is 120 Å². The number of benzene rings is 1. The van der Waals surface area contributed by atoms with E-state index in [4.69, 9.17) is 0 Å². The molecule has 38 heavy (non-hydrogen) atoms. The Kier molecular flexibility index (Phi) is 12.9. The lowest BCUT2D eigenvalue weighted by molar-refractivity contribution is -0.129. The first-order valence-corrected chi connectivity index (χ1v) is 15.1.